The van der Waals surface area contributed by atoms with Crippen molar-refractivity contribution in [1.82, 2.24) is 5.32 Å². The summed E-state index contributed by atoms with van der Waals surface area (Å²) in [5.74, 6) is -0.236. The molecule has 1 aliphatic heterocycles. The second-order valence-electron chi connectivity index (χ2n) is 8.24. The highest BCUT2D eigenvalue weighted by atomic mass is 31.2. The van der Waals surface area contributed by atoms with E-state index in [1.165, 1.54) is 5.56 Å². The molecular weight excluding hydrogens is 473 g/mol. The minimum atomic E-state index is -3.52. The van der Waals surface area contributed by atoms with Crippen LogP contribution in [0.4, 0.5) is 11.4 Å². The summed E-state index contributed by atoms with van der Waals surface area (Å²) < 4.78 is 24.6. The van der Waals surface area contributed by atoms with Crippen molar-refractivity contribution in [1.29, 1.82) is 0 Å². The molecule has 0 atom stereocenters. The lowest BCUT2D eigenvalue weighted by Gasteiger charge is -2.18. The first-order chi connectivity index (χ1) is 17.5. The number of benzene rings is 3. The Bertz CT molecular complexity index is 1280. The summed E-state index contributed by atoms with van der Waals surface area (Å²) in [4.78, 5) is 13.3. The van der Waals surface area contributed by atoms with Crippen LogP contribution in [0.15, 0.2) is 72.8 Å². The minimum Gasteiger partial charge on any atom is -0.354 e. The van der Waals surface area contributed by atoms with Gasteiger partial charge in [0.2, 0.25) is 0 Å². The summed E-state index contributed by atoms with van der Waals surface area (Å²) in [5.41, 5.74) is 5.30. The Hall–Kier alpha value is -3.22. The first kappa shape index (κ1) is 25.9. The largest absolute Gasteiger partial charge is 0.361 e. The maximum absolute atomic E-state index is 13.5. The summed E-state index contributed by atoms with van der Waals surface area (Å²) in [5, 5.41) is 10.1. The van der Waals surface area contributed by atoms with Gasteiger partial charge in [-0.05, 0) is 61.9 Å². The third kappa shape index (κ3) is 5.61. The molecule has 1 aliphatic rings. The van der Waals surface area contributed by atoms with Crippen LogP contribution >= 0.6 is 7.60 Å². The van der Waals surface area contributed by atoms with Crippen molar-refractivity contribution in [3.05, 3.63) is 89.5 Å². The van der Waals surface area contributed by atoms with E-state index >= 15 is 0 Å². The Morgan fingerprint density at radius 3 is 2.25 bits per heavy atom. The van der Waals surface area contributed by atoms with E-state index in [0.717, 1.165) is 24.3 Å². The smallest absolute Gasteiger partial charge is 0.354 e. The van der Waals surface area contributed by atoms with Gasteiger partial charge in [-0.2, -0.15) is 0 Å². The van der Waals surface area contributed by atoms with Crippen LogP contribution in [0.25, 0.3) is 11.3 Å². The number of fused-ring (bicyclic) bond motifs is 1. The van der Waals surface area contributed by atoms with E-state index in [4.69, 9.17) is 9.05 Å². The SMILES string of the molecule is CCNCc1ccc(N/C(=C2\C(=O)Nc3ccc(P(=O)(OCC)OCC)cc32)c2ccccc2)cc1. The topological polar surface area (TPSA) is 88.7 Å². The molecule has 0 unspecified atom stereocenters. The van der Waals surface area contributed by atoms with Crippen LogP contribution in [-0.2, 0) is 25.0 Å². The lowest BCUT2D eigenvalue weighted by Crippen LogP contribution is -2.12. The molecular formula is C28H32N3O4P. The van der Waals surface area contributed by atoms with Crippen LogP contribution in [0.1, 0.15) is 37.5 Å². The molecule has 7 nitrogen and oxygen atoms in total. The number of hydrogen-bond acceptors (Lipinski definition) is 6. The highest BCUT2D eigenvalue weighted by Gasteiger charge is 2.33. The summed E-state index contributed by atoms with van der Waals surface area (Å²) in [6.07, 6.45) is 0. The van der Waals surface area contributed by atoms with E-state index in [1.807, 2.05) is 42.5 Å². The molecule has 36 heavy (non-hydrogen) atoms. The number of carbonyl (C=O) groups is 1. The van der Waals surface area contributed by atoms with Crippen LogP contribution in [0, 0.1) is 0 Å². The first-order valence-corrected chi connectivity index (χ1v) is 13.7. The Labute approximate surface area is 212 Å². The fourth-order valence-corrected chi connectivity index (χ4v) is 5.70. The summed E-state index contributed by atoms with van der Waals surface area (Å²) in [6, 6.07) is 23.0. The van der Waals surface area contributed by atoms with E-state index in [0.29, 0.717) is 27.8 Å². The van der Waals surface area contributed by atoms with Crippen molar-refractivity contribution in [2.24, 2.45) is 0 Å². The van der Waals surface area contributed by atoms with E-state index in [1.54, 1.807) is 32.0 Å². The maximum atomic E-state index is 13.5. The van der Waals surface area contributed by atoms with Crippen molar-refractivity contribution in [2.45, 2.75) is 27.3 Å². The van der Waals surface area contributed by atoms with Gasteiger partial charge in [-0.15, -0.1) is 0 Å². The monoisotopic (exact) mass is 505 g/mol. The molecule has 1 amide bonds. The number of amides is 1. The van der Waals surface area contributed by atoms with E-state index in [2.05, 4.69) is 35.0 Å². The molecule has 0 saturated carbocycles. The van der Waals surface area contributed by atoms with Crippen molar-refractivity contribution < 1.29 is 18.4 Å². The van der Waals surface area contributed by atoms with Gasteiger partial charge in [0.25, 0.3) is 5.91 Å². The number of anilines is 2. The Balaban J connectivity index is 1.81. The molecule has 0 aliphatic carbocycles. The molecule has 8 heteroatoms. The number of rotatable bonds is 11. The number of hydrogen-bond donors (Lipinski definition) is 3. The van der Waals surface area contributed by atoms with Crippen molar-refractivity contribution in [3.63, 3.8) is 0 Å². The van der Waals surface area contributed by atoms with Gasteiger partial charge in [0, 0.05) is 23.5 Å². The molecule has 4 rings (SSSR count). The van der Waals surface area contributed by atoms with Gasteiger partial charge in [0.1, 0.15) is 0 Å². The standard InChI is InChI=1S/C28H32N3O4P/c1-4-29-19-20-12-14-22(15-13-20)30-27(21-10-8-7-9-11-21)26-24-18-23(16-17-25(24)31-28(26)32)36(33,34-5-2)35-6-3/h7-18,29-30H,4-6,19H2,1-3H3,(H,31,32)/b27-26-. The van der Waals surface area contributed by atoms with E-state index < -0.39 is 7.60 Å². The third-order valence-electron chi connectivity index (χ3n) is 5.78. The fraction of sp³-hybridized carbons (Fsp3) is 0.250. The molecule has 0 fully saturated rings. The quantitative estimate of drug-likeness (QED) is 0.232. The van der Waals surface area contributed by atoms with Gasteiger partial charge in [-0.1, -0.05) is 49.4 Å². The third-order valence-corrected chi connectivity index (χ3v) is 7.88. The van der Waals surface area contributed by atoms with Crippen LogP contribution in [0.5, 0.6) is 0 Å². The number of carbonyl (C=O) groups excluding carboxylic acids is 1. The minimum absolute atomic E-state index is 0.236. The Morgan fingerprint density at radius 1 is 0.917 bits per heavy atom. The first-order valence-electron chi connectivity index (χ1n) is 12.2. The van der Waals surface area contributed by atoms with Crippen molar-refractivity contribution >= 4 is 41.5 Å². The average Bonchev–Trinajstić information content (AvgIpc) is 3.22. The predicted octanol–water partition coefficient (Wildman–Crippen LogP) is 5.62. The molecule has 1 heterocycles. The molecule has 0 aromatic heterocycles. The lowest BCUT2D eigenvalue weighted by molar-refractivity contribution is -0.110. The molecule has 3 aromatic rings. The van der Waals surface area contributed by atoms with Crippen molar-refractivity contribution in [2.75, 3.05) is 30.4 Å². The zero-order valence-corrected chi connectivity index (χ0v) is 21.7. The van der Waals surface area contributed by atoms with E-state index in [9.17, 15) is 9.36 Å². The van der Waals surface area contributed by atoms with Gasteiger partial charge in [0.15, 0.2) is 0 Å². The van der Waals surface area contributed by atoms with Gasteiger partial charge < -0.3 is 25.0 Å². The van der Waals surface area contributed by atoms with Gasteiger partial charge in [0.05, 0.1) is 29.8 Å². The lowest BCUT2D eigenvalue weighted by atomic mass is 10.00. The predicted molar refractivity (Wildman–Crippen MR) is 146 cm³/mol. The molecule has 0 saturated heterocycles. The zero-order chi connectivity index (χ0) is 25.5. The highest BCUT2D eigenvalue weighted by Crippen LogP contribution is 2.48. The van der Waals surface area contributed by atoms with Crippen molar-refractivity contribution in [3.8, 4) is 0 Å². The Morgan fingerprint density at radius 2 is 1.61 bits per heavy atom. The van der Waals surface area contributed by atoms with Gasteiger partial charge in [-0.3, -0.25) is 9.36 Å². The molecule has 0 spiro atoms. The Kier molecular flexibility index (Phi) is 8.39. The maximum Gasteiger partial charge on any atom is 0.361 e. The second kappa shape index (κ2) is 11.7. The normalized spacial score (nSPS) is 14.4. The molecule has 188 valence electrons. The molecule has 0 bridgehead atoms. The van der Waals surface area contributed by atoms with Crippen LogP contribution in [-0.4, -0.2) is 25.7 Å². The molecule has 3 N–H and O–H groups in total. The van der Waals surface area contributed by atoms with Crippen LogP contribution in [0.2, 0.25) is 0 Å². The highest BCUT2D eigenvalue weighted by molar-refractivity contribution is 7.62. The molecule has 3 aromatic carbocycles. The van der Waals surface area contributed by atoms with Crippen LogP contribution in [0.3, 0.4) is 0 Å². The van der Waals surface area contributed by atoms with E-state index in [-0.39, 0.29) is 19.1 Å². The zero-order valence-electron chi connectivity index (χ0n) is 20.8. The average molecular weight is 506 g/mol. The summed E-state index contributed by atoms with van der Waals surface area (Å²) in [7, 11) is -3.52. The van der Waals surface area contributed by atoms with Gasteiger partial charge >= 0.3 is 7.60 Å². The van der Waals surface area contributed by atoms with Crippen LogP contribution < -0.4 is 21.3 Å². The fourth-order valence-electron chi connectivity index (χ4n) is 4.10. The summed E-state index contributed by atoms with van der Waals surface area (Å²) in [6.45, 7) is 7.81. The number of nitrogens with one attached hydrogen (secondary N) is 3. The van der Waals surface area contributed by atoms with Gasteiger partial charge in [-0.25, -0.2) is 0 Å². The summed E-state index contributed by atoms with van der Waals surface area (Å²) >= 11 is 0. The molecule has 0 radical (unpaired) electrons. The second-order valence-corrected chi connectivity index (χ2v) is 10.3.